The zero-order valence-electron chi connectivity index (χ0n) is 17.0. The smallest absolute Gasteiger partial charge is 0.383 e. The van der Waals surface area contributed by atoms with Crippen molar-refractivity contribution in [3.8, 4) is 0 Å². The van der Waals surface area contributed by atoms with Crippen LogP contribution < -0.4 is 5.32 Å². The second-order valence-corrected chi connectivity index (χ2v) is 8.07. The molecule has 3 rings (SSSR count). The number of aromatic nitrogens is 2. The normalized spacial score (nSPS) is 12.7. The highest BCUT2D eigenvalue weighted by Crippen LogP contribution is 2.37. The summed E-state index contributed by atoms with van der Waals surface area (Å²) in [5.74, 6) is -0.695. The van der Waals surface area contributed by atoms with Crippen LogP contribution in [0, 0.1) is 10.1 Å². The Morgan fingerprint density at radius 1 is 1.31 bits per heavy atom. The number of methoxy groups -OCH3 is 1. The molecule has 0 saturated heterocycles. The van der Waals surface area contributed by atoms with E-state index in [4.69, 9.17) is 4.74 Å². The Labute approximate surface area is 184 Å². The predicted octanol–water partition coefficient (Wildman–Crippen LogP) is 4.73. The lowest BCUT2D eigenvalue weighted by atomic mass is 10.1. The third kappa shape index (κ3) is 5.19. The van der Waals surface area contributed by atoms with Crippen molar-refractivity contribution in [1.82, 2.24) is 9.55 Å². The number of ether oxygens (including phenoxy) is 1. The molecule has 0 spiro atoms. The van der Waals surface area contributed by atoms with Crippen molar-refractivity contribution in [3.05, 3.63) is 58.1 Å². The molecule has 0 aliphatic heterocycles. The number of fused-ring (bicyclic) bond motifs is 1. The van der Waals surface area contributed by atoms with E-state index >= 15 is 0 Å². The molecular weight excluding hydrogens is 449 g/mol. The minimum atomic E-state index is -4.88. The van der Waals surface area contributed by atoms with Crippen LogP contribution in [-0.2, 0) is 22.3 Å². The summed E-state index contributed by atoms with van der Waals surface area (Å²) in [7, 11) is 1.56. The van der Waals surface area contributed by atoms with E-state index in [1.54, 1.807) is 14.0 Å². The van der Waals surface area contributed by atoms with Crippen molar-refractivity contribution in [2.75, 3.05) is 19.0 Å². The zero-order valence-corrected chi connectivity index (χ0v) is 17.9. The van der Waals surface area contributed by atoms with Crippen molar-refractivity contribution in [1.29, 1.82) is 0 Å². The molecule has 1 N–H and O–H groups in total. The third-order valence-corrected chi connectivity index (χ3v) is 5.66. The predicted molar refractivity (Wildman–Crippen MR) is 114 cm³/mol. The van der Waals surface area contributed by atoms with Crippen LogP contribution in [0.1, 0.15) is 12.5 Å². The van der Waals surface area contributed by atoms with Gasteiger partial charge in [-0.05, 0) is 25.1 Å². The Morgan fingerprint density at radius 2 is 2.03 bits per heavy atom. The number of nitrogens with one attached hydrogen (secondary N) is 1. The fraction of sp³-hybridized carbons (Fsp3) is 0.300. The highest BCUT2D eigenvalue weighted by atomic mass is 32.2. The number of rotatable bonds is 8. The lowest BCUT2D eigenvalue weighted by Gasteiger charge is -2.16. The van der Waals surface area contributed by atoms with Gasteiger partial charge in [0.25, 0.3) is 5.69 Å². The number of anilines is 1. The highest BCUT2D eigenvalue weighted by molar-refractivity contribution is 8.00. The number of nitrogens with zero attached hydrogens (tertiary/aromatic N) is 3. The summed E-state index contributed by atoms with van der Waals surface area (Å²) in [6.45, 7) is 2.43. The summed E-state index contributed by atoms with van der Waals surface area (Å²) in [5, 5.41) is 12.8. The van der Waals surface area contributed by atoms with E-state index in [0.29, 0.717) is 29.9 Å². The van der Waals surface area contributed by atoms with Gasteiger partial charge in [0.1, 0.15) is 0 Å². The summed E-state index contributed by atoms with van der Waals surface area (Å²) < 4.78 is 47.1. The van der Waals surface area contributed by atoms with Gasteiger partial charge in [-0.3, -0.25) is 14.9 Å². The maximum absolute atomic E-state index is 13.4. The Morgan fingerprint density at radius 3 is 2.69 bits per heavy atom. The van der Waals surface area contributed by atoms with Gasteiger partial charge in [-0.1, -0.05) is 23.9 Å². The SMILES string of the molecule is COCCn1c(SC(C)C(=O)Nc2ccc([N+](=O)[O-])cc2C(F)(F)F)nc2ccccc21. The van der Waals surface area contributed by atoms with Gasteiger partial charge >= 0.3 is 6.18 Å². The number of non-ortho nitro benzene ring substituents is 1. The second kappa shape index (κ2) is 9.57. The summed E-state index contributed by atoms with van der Waals surface area (Å²) >= 11 is 1.09. The van der Waals surface area contributed by atoms with Crippen molar-refractivity contribution in [2.24, 2.45) is 0 Å². The second-order valence-electron chi connectivity index (χ2n) is 6.76. The van der Waals surface area contributed by atoms with Gasteiger partial charge in [0.15, 0.2) is 5.16 Å². The van der Waals surface area contributed by atoms with Crippen LogP contribution in [0.4, 0.5) is 24.5 Å². The van der Waals surface area contributed by atoms with Crippen LogP contribution in [-0.4, -0.2) is 39.3 Å². The van der Waals surface area contributed by atoms with E-state index < -0.39 is 39.2 Å². The maximum Gasteiger partial charge on any atom is 0.418 e. The molecule has 32 heavy (non-hydrogen) atoms. The molecule has 1 unspecified atom stereocenters. The Bertz CT molecular complexity index is 1150. The molecule has 1 aromatic heterocycles. The maximum atomic E-state index is 13.4. The van der Waals surface area contributed by atoms with E-state index in [-0.39, 0.29) is 0 Å². The molecule has 8 nitrogen and oxygen atoms in total. The fourth-order valence-electron chi connectivity index (χ4n) is 2.98. The molecule has 2 aromatic carbocycles. The molecule has 170 valence electrons. The van der Waals surface area contributed by atoms with Gasteiger partial charge in [-0.2, -0.15) is 13.2 Å². The molecule has 3 aromatic rings. The first-order chi connectivity index (χ1) is 15.1. The van der Waals surface area contributed by atoms with Crippen molar-refractivity contribution >= 4 is 40.1 Å². The van der Waals surface area contributed by atoms with E-state index in [1.165, 1.54) is 0 Å². The summed E-state index contributed by atoms with van der Waals surface area (Å²) in [6, 6.07) is 9.56. The Kier molecular flexibility index (Phi) is 7.04. The topological polar surface area (TPSA) is 99.3 Å². The van der Waals surface area contributed by atoms with Crippen LogP contribution in [0.5, 0.6) is 0 Å². The quantitative estimate of drug-likeness (QED) is 0.292. The summed E-state index contributed by atoms with van der Waals surface area (Å²) in [4.78, 5) is 27.1. The molecule has 12 heteroatoms. The first-order valence-corrected chi connectivity index (χ1v) is 10.3. The van der Waals surface area contributed by atoms with Crippen molar-refractivity contribution in [2.45, 2.75) is 30.1 Å². The van der Waals surface area contributed by atoms with Crippen LogP contribution in [0.25, 0.3) is 11.0 Å². The van der Waals surface area contributed by atoms with Gasteiger partial charge in [-0.25, -0.2) is 4.98 Å². The van der Waals surface area contributed by atoms with E-state index in [9.17, 15) is 28.1 Å². The van der Waals surface area contributed by atoms with E-state index in [2.05, 4.69) is 10.3 Å². The molecule has 0 aliphatic carbocycles. The van der Waals surface area contributed by atoms with Crippen molar-refractivity contribution in [3.63, 3.8) is 0 Å². The molecule has 1 atom stereocenters. The monoisotopic (exact) mass is 468 g/mol. The van der Waals surface area contributed by atoms with Crippen LogP contribution in [0.3, 0.4) is 0 Å². The minimum Gasteiger partial charge on any atom is -0.383 e. The number of imidazole rings is 1. The van der Waals surface area contributed by atoms with E-state index in [1.807, 2.05) is 28.8 Å². The molecule has 0 radical (unpaired) electrons. The lowest BCUT2D eigenvalue weighted by Crippen LogP contribution is -2.25. The van der Waals surface area contributed by atoms with Gasteiger partial charge in [0, 0.05) is 25.8 Å². The van der Waals surface area contributed by atoms with Gasteiger partial charge in [0.05, 0.1) is 39.1 Å². The number of amides is 1. The Hall–Kier alpha value is -3.12. The molecular formula is C20H19F3N4O4S. The zero-order chi connectivity index (χ0) is 23.5. The number of thioether (sulfide) groups is 1. The first kappa shape index (κ1) is 23.5. The molecule has 0 bridgehead atoms. The number of hydrogen-bond donors (Lipinski definition) is 1. The number of carbonyl (C=O) groups excluding carboxylic acids is 1. The first-order valence-electron chi connectivity index (χ1n) is 9.39. The number of nitro groups is 1. The highest BCUT2D eigenvalue weighted by Gasteiger charge is 2.36. The van der Waals surface area contributed by atoms with E-state index in [0.717, 1.165) is 29.4 Å². The number of para-hydroxylation sites is 2. The number of benzene rings is 2. The van der Waals surface area contributed by atoms with Crippen molar-refractivity contribution < 1.29 is 27.6 Å². The summed E-state index contributed by atoms with van der Waals surface area (Å²) in [6.07, 6.45) is -4.88. The number of carbonyl (C=O) groups is 1. The number of halogens is 3. The molecule has 0 saturated carbocycles. The third-order valence-electron chi connectivity index (χ3n) is 4.57. The number of alkyl halides is 3. The average Bonchev–Trinajstić information content (AvgIpc) is 3.08. The number of nitro benzene ring substituents is 1. The standard InChI is InChI=1S/C20H19F3N4O4S/c1-12(32-19-25-16-5-3-4-6-17(16)26(19)9-10-31-2)18(28)24-15-8-7-13(27(29)30)11-14(15)20(21,22)23/h3-8,11-12H,9-10H2,1-2H3,(H,24,28). The Balaban J connectivity index is 1.84. The molecule has 1 heterocycles. The van der Waals surface area contributed by atoms with Crippen LogP contribution >= 0.6 is 11.8 Å². The largest absolute Gasteiger partial charge is 0.418 e. The molecule has 0 fully saturated rings. The number of hydrogen-bond acceptors (Lipinski definition) is 6. The van der Waals surface area contributed by atoms with Gasteiger partial charge in [-0.15, -0.1) is 0 Å². The van der Waals surface area contributed by atoms with Gasteiger partial charge < -0.3 is 14.6 Å². The lowest BCUT2D eigenvalue weighted by molar-refractivity contribution is -0.385. The van der Waals surface area contributed by atoms with Crippen LogP contribution in [0.2, 0.25) is 0 Å². The van der Waals surface area contributed by atoms with Gasteiger partial charge in [0.2, 0.25) is 5.91 Å². The minimum absolute atomic E-state index is 0.400. The average molecular weight is 468 g/mol. The van der Waals surface area contributed by atoms with Crippen LogP contribution in [0.15, 0.2) is 47.6 Å². The summed E-state index contributed by atoms with van der Waals surface area (Å²) in [5.41, 5.74) is -0.995. The fourth-order valence-corrected chi connectivity index (χ4v) is 3.93. The molecule has 1 amide bonds. The molecule has 0 aliphatic rings.